The van der Waals surface area contributed by atoms with Crippen LogP contribution in [0.1, 0.15) is 6.42 Å². The van der Waals surface area contributed by atoms with Gasteiger partial charge < -0.3 is 0 Å². The minimum atomic E-state index is -1.27. The molecule has 1 rings (SSSR count). The molecule has 0 aromatic rings. The Kier molecular flexibility index (Phi) is 1.69. The molecule has 0 aromatic carbocycles. The van der Waals surface area contributed by atoms with Crippen molar-refractivity contribution in [2.24, 2.45) is 0 Å². The first kappa shape index (κ1) is 5.11. The molecule has 37 valence electrons. The summed E-state index contributed by atoms with van der Waals surface area (Å²) >= 11 is -1.27. The summed E-state index contributed by atoms with van der Waals surface area (Å²) in [5.41, 5.74) is 0. The van der Waals surface area contributed by atoms with Gasteiger partial charge in [-0.1, -0.05) is 0 Å². The zero-order valence-corrected chi connectivity index (χ0v) is 6.69. The third-order valence-corrected chi connectivity index (χ3v) is 2.70. The number of hydrogen-bond acceptors (Lipinski definition) is 1. The molecule has 0 saturated carbocycles. The summed E-state index contributed by atoms with van der Waals surface area (Å²) in [6.07, 6.45) is 6.91. The zero-order valence-electron chi connectivity index (χ0n) is 3.76. The van der Waals surface area contributed by atoms with Gasteiger partial charge in [0, 0.05) is 0 Å². The van der Waals surface area contributed by atoms with E-state index in [1.165, 1.54) is 3.96 Å². The first-order chi connectivity index (χ1) is 3.43. The summed E-state index contributed by atoms with van der Waals surface area (Å²) in [6, 6.07) is 0. The van der Waals surface area contributed by atoms with Gasteiger partial charge in [-0.3, -0.25) is 0 Å². The van der Waals surface area contributed by atoms with Crippen LogP contribution in [0.15, 0.2) is 22.2 Å². The molecule has 0 heterocycles. The molecule has 0 fully saturated rings. The monoisotopic (exact) mass is 265 g/mol. The molecule has 1 nitrogen and oxygen atoms in total. The van der Waals surface area contributed by atoms with Crippen molar-refractivity contribution in [3.63, 3.8) is 0 Å². The Balaban J connectivity index is 2.61. The van der Waals surface area contributed by atoms with E-state index in [1.54, 1.807) is 0 Å². The first-order valence-electron chi connectivity index (χ1n) is 2.09. The second-order valence-electron chi connectivity index (χ2n) is 1.35. The van der Waals surface area contributed by atoms with E-state index in [0.29, 0.717) is 0 Å². The topological polar surface area (TPSA) is 17.1 Å². The molecule has 0 saturated heterocycles. The average Bonchev–Trinajstić information content (AvgIpc) is 2.14. The molecule has 0 N–H and O–H groups in total. The summed E-state index contributed by atoms with van der Waals surface area (Å²) in [7, 11) is 0. The van der Waals surface area contributed by atoms with Gasteiger partial charge in [0.1, 0.15) is 0 Å². The van der Waals surface area contributed by atoms with Gasteiger partial charge in [-0.15, -0.1) is 0 Å². The molecular weight excluding hydrogens is 260 g/mol. The molecule has 0 bridgehead atoms. The van der Waals surface area contributed by atoms with Crippen LogP contribution >= 0.6 is 0 Å². The van der Waals surface area contributed by atoms with E-state index >= 15 is 0 Å². The fraction of sp³-hybridized carbons (Fsp3) is 0.200. The third-order valence-electron chi connectivity index (χ3n) is 0.844. The molecule has 1 aliphatic rings. The van der Waals surface area contributed by atoms with Crippen LogP contribution in [0.3, 0.4) is 0 Å². The van der Waals surface area contributed by atoms with Crippen molar-refractivity contribution < 1.29 is 21.9 Å². The Hall–Kier alpha value is -0.0317. The van der Waals surface area contributed by atoms with Crippen molar-refractivity contribution in [2.45, 2.75) is 6.42 Å². The van der Waals surface area contributed by atoms with E-state index in [9.17, 15) is 3.40 Å². The molecule has 0 unspecified atom stereocenters. The van der Waals surface area contributed by atoms with Crippen molar-refractivity contribution in [1.29, 1.82) is 0 Å². The maximum absolute atomic E-state index is 10.2. The average molecular weight is 265 g/mol. The summed E-state index contributed by atoms with van der Waals surface area (Å²) in [5, 5.41) is 0. The fourth-order valence-corrected chi connectivity index (χ4v) is 1.56. The van der Waals surface area contributed by atoms with Crippen molar-refractivity contribution in [3.05, 3.63) is 22.2 Å². The van der Waals surface area contributed by atoms with Gasteiger partial charge in [-0.05, 0) is 0 Å². The van der Waals surface area contributed by atoms with Crippen LogP contribution in [0.4, 0.5) is 0 Å². The Morgan fingerprint density at radius 3 is 2.86 bits per heavy atom. The van der Waals surface area contributed by atoms with Crippen LogP contribution in [0.5, 0.6) is 0 Å². The zero-order chi connectivity index (χ0) is 5.11. The minimum absolute atomic E-state index is 0.953. The predicted molar refractivity (Wildman–Crippen MR) is 22.5 cm³/mol. The maximum atomic E-state index is 10.2. The number of rotatable bonds is 1. The Bertz CT molecular complexity index is 135. The molecule has 1 aliphatic carbocycles. The summed E-state index contributed by atoms with van der Waals surface area (Å²) in [4.78, 5) is 0. The van der Waals surface area contributed by atoms with Crippen molar-refractivity contribution in [3.8, 4) is 0 Å². The van der Waals surface area contributed by atoms with Crippen LogP contribution in [0.2, 0.25) is 0 Å². The molecular formula is C5H5OW. The molecule has 7 heavy (non-hydrogen) atoms. The van der Waals surface area contributed by atoms with E-state index in [2.05, 4.69) is 0 Å². The number of allylic oxidation sites excluding steroid dienone is 4. The van der Waals surface area contributed by atoms with Crippen LogP contribution in [0, 0.1) is 0 Å². The van der Waals surface area contributed by atoms with E-state index in [0.717, 1.165) is 6.42 Å². The van der Waals surface area contributed by atoms with Gasteiger partial charge in [0.2, 0.25) is 0 Å². The van der Waals surface area contributed by atoms with E-state index in [-0.39, 0.29) is 0 Å². The van der Waals surface area contributed by atoms with Gasteiger partial charge in [0.25, 0.3) is 0 Å². The summed E-state index contributed by atoms with van der Waals surface area (Å²) in [5.74, 6) is 0. The number of hydrogen-bond donors (Lipinski definition) is 0. The van der Waals surface area contributed by atoms with Crippen molar-refractivity contribution in [2.75, 3.05) is 0 Å². The standard InChI is InChI=1S/C5H5.O.W/c1-2-4-5-3-1;;/h1-3H,4H2;;. The fourth-order valence-electron chi connectivity index (χ4n) is 0.489. The van der Waals surface area contributed by atoms with E-state index in [1.807, 2.05) is 18.2 Å². The molecule has 0 aliphatic heterocycles. The van der Waals surface area contributed by atoms with Gasteiger partial charge in [0.15, 0.2) is 0 Å². The second kappa shape index (κ2) is 2.32. The van der Waals surface area contributed by atoms with Gasteiger partial charge in [-0.2, -0.15) is 0 Å². The Morgan fingerprint density at radius 1 is 1.71 bits per heavy atom. The molecule has 0 amide bonds. The quantitative estimate of drug-likeness (QED) is 0.697. The van der Waals surface area contributed by atoms with Crippen LogP contribution in [-0.4, -0.2) is 0 Å². The molecule has 0 radical (unpaired) electrons. The van der Waals surface area contributed by atoms with Gasteiger partial charge in [0.05, 0.1) is 0 Å². The van der Waals surface area contributed by atoms with E-state index < -0.39 is 18.5 Å². The van der Waals surface area contributed by atoms with Crippen LogP contribution in [-0.2, 0) is 21.9 Å². The summed E-state index contributed by atoms with van der Waals surface area (Å²) < 4.78 is 11.4. The van der Waals surface area contributed by atoms with Crippen LogP contribution < -0.4 is 0 Å². The molecule has 2 heteroatoms. The SMILES string of the molecule is [O]=[W][C]1=CC=CC1. The molecule has 0 aromatic heterocycles. The second-order valence-corrected chi connectivity index (χ2v) is 3.83. The van der Waals surface area contributed by atoms with Gasteiger partial charge >= 0.3 is 50.5 Å². The Morgan fingerprint density at radius 2 is 2.57 bits per heavy atom. The van der Waals surface area contributed by atoms with Crippen LogP contribution in [0.25, 0.3) is 0 Å². The Labute approximate surface area is 51.0 Å². The first-order valence-corrected chi connectivity index (χ1v) is 4.75. The van der Waals surface area contributed by atoms with Gasteiger partial charge in [-0.25, -0.2) is 0 Å². The van der Waals surface area contributed by atoms with Crippen molar-refractivity contribution >= 4 is 0 Å². The summed E-state index contributed by atoms with van der Waals surface area (Å²) in [6.45, 7) is 0. The van der Waals surface area contributed by atoms with E-state index in [4.69, 9.17) is 0 Å². The normalized spacial score (nSPS) is 16.9. The molecule has 0 spiro atoms. The van der Waals surface area contributed by atoms with Crippen molar-refractivity contribution in [1.82, 2.24) is 0 Å². The third kappa shape index (κ3) is 1.17. The molecule has 0 atom stereocenters. The predicted octanol–water partition coefficient (Wildman–Crippen LogP) is 1.26.